The fourth-order valence-corrected chi connectivity index (χ4v) is 4.02. The fraction of sp³-hybridized carbons (Fsp3) is 0.579. The van der Waals surface area contributed by atoms with Crippen LogP contribution in [0.15, 0.2) is 12.1 Å². The third-order valence-electron chi connectivity index (χ3n) is 5.29. The van der Waals surface area contributed by atoms with Crippen LogP contribution in [0.5, 0.6) is 0 Å². The highest BCUT2D eigenvalue weighted by molar-refractivity contribution is 6.00. The smallest absolute Gasteiger partial charge is 0.407 e. The lowest BCUT2D eigenvalue weighted by molar-refractivity contribution is -0.118. The zero-order chi connectivity index (χ0) is 18.3. The second-order valence-corrected chi connectivity index (χ2v) is 7.59. The van der Waals surface area contributed by atoms with Gasteiger partial charge < -0.3 is 20.6 Å². The van der Waals surface area contributed by atoms with Crippen molar-refractivity contribution in [3.8, 4) is 0 Å². The van der Waals surface area contributed by atoms with Gasteiger partial charge in [-0.25, -0.2) is 4.79 Å². The third-order valence-corrected chi connectivity index (χ3v) is 5.29. The summed E-state index contributed by atoms with van der Waals surface area (Å²) in [6.07, 6.45) is 1.29. The number of rotatable bonds is 3. The molecule has 2 atom stereocenters. The van der Waals surface area contributed by atoms with Crippen molar-refractivity contribution in [1.82, 2.24) is 4.90 Å². The van der Waals surface area contributed by atoms with Gasteiger partial charge in [-0.2, -0.15) is 0 Å². The summed E-state index contributed by atoms with van der Waals surface area (Å²) < 4.78 is 0. The lowest BCUT2D eigenvalue weighted by Gasteiger charge is -2.37. The van der Waals surface area contributed by atoms with Crippen molar-refractivity contribution < 1.29 is 14.7 Å². The van der Waals surface area contributed by atoms with Crippen LogP contribution >= 0.6 is 0 Å². The highest BCUT2D eigenvalue weighted by atomic mass is 16.4. The zero-order valence-corrected chi connectivity index (χ0v) is 15.2. The van der Waals surface area contributed by atoms with Crippen LogP contribution < -0.4 is 10.6 Å². The van der Waals surface area contributed by atoms with E-state index < -0.39 is 12.1 Å². The van der Waals surface area contributed by atoms with Gasteiger partial charge >= 0.3 is 6.09 Å². The molecule has 0 aliphatic carbocycles. The molecule has 2 aliphatic heterocycles. The molecule has 0 bridgehead atoms. The molecule has 6 nitrogen and oxygen atoms in total. The number of amides is 2. The Labute approximate surface area is 148 Å². The van der Waals surface area contributed by atoms with E-state index >= 15 is 0 Å². The molecule has 1 unspecified atom stereocenters. The van der Waals surface area contributed by atoms with E-state index in [0.29, 0.717) is 31.8 Å². The zero-order valence-electron chi connectivity index (χ0n) is 15.2. The number of benzene rings is 1. The Hall–Kier alpha value is -2.08. The van der Waals surface area contributed by atoms with Gasteiger partial charge in [0.15, 0.2) is 0 Å². The van der Waals surface area contributed by atoms with Crippen molar-refractivity contribution in [3.63, 3.8) is 0 Å². The average molecular weight is 345 g/mol. The van der Waals surface area contributed by atoms with Crippen LogP contribution in [0.4, 0.5) is 10.5 Å². The normalized spacial score (nSPS) is 23.3. The molecule has 0 radical (unpaired) electrons. The molecule has 0 saturated carbocycles. The molecule has 0 spiro atoms. The maximum Gasteiger partial charge on any atom is 0.407 e. The van der Waals surface area contributed by atoms with Crippen molar-refractivity contribution in [2.75, 3.05) is 18.0 Å². The van der Waals surface area contributed by atoms with Crippen LogP contribution in [0.1, 0.15) is 49.4 Å². The predicted molar refractivity (Wildman–Crippen MR) is 96.8 cm³/mol. The summed E-state index contributed by atoms with van der Waals surface area (Å²) >= 11 is 0. The Morgan fingerprint density at radius 3 is 2.64 bits per heavy atom. The lowest BCUT2D eigenvalue weighted by Crippen LogP contribution is -2.40. The molecule has 25 heavy (non-hydrogen) atoms. The van der Waals surface area contributed by atoms with E-state index in [4.69, 9.17) is 5.73 Å². The van der Waals surface area contributed by atoms with Crippen LogP contribution in [0.25, 0.3) is 0 Å². The first-order valence-corrected chi connectivity index (χ1v) is 8.99. The van der Waals surface area contributed by atoms with Crippen molar-refractivity contribution in [2.45, 2.75) is 52.1 Å². The number of hydrogen-bond donors (Lipinski definition) is 2. The second kappa shape index (κ2) is 6.67. The summed E-state index contributed by atoms with van der Waals surface area (Å²) in [5.74, 6) is 0.376. The minimum Gasteiger partial charge on any atom is -0.465 e. The van der Waals surface area contributed by atoms with Gasteiger partial charge in [-0.1, -0.05) is 19.9 Å². The number of anilines is 1. The topological polar surface area (TPSA) is 86.9 Å². The summed E-state index contributed by atoms with van der Waals surface area (Å²) in [4.78, 5) is 27.3. The Morgan fingerprint density at radius 1 is 1.36 bits per heavy atom. The molecule has 0 aromatic heterocycles. The first-order valence-electron chi connectivity index (χ1n) is 8.99. The predicted octanol–water partition coefficient (Wildman–Crippen LogP) is 2.68. The van der Waals surface area contributed by atoms with E-state index in [0.717, 1.165) is 28.8 Å². The quantitative estimate of drug-likeness (QED) is 0.882. The van der Waals surface area contributed by atoms with E-state index in [1.165, 1.54) is 0 Å². The van der Waals surface area contributed by atoms with Gasteiger partial charge in [0.1, 0.15) is 0 Å². The number of aryl methyl sites for hydroxylation is 1. The molecular formula is C19H27N3O3. The first-order chi connectivity index (χ1) is 11.8. The summed E-state index contributed by atoms with van der Waals surface area (Å²) in [5.41, 5.74) is 10.0. The minimum atomic E-state index is -0.862. The second-order valence-electron chi connectivity index (χ2n) is 7.59. The van der Waals surface area contributed by atoms with Crippen molar-refractivity contribution in [2.24, 2.45) is 11.7 Å². The molecule has 2 amide bonds. The molecule has 1 aromatic carbocycles. The van der Waals surface area contributed by atoms with E-state index in [1.54, 1.807) is 9.80 Å². The maximum absolute atomic E-state index is 12.3. The summed E-state index contributed by atoms with van der Waals surface area (Å²) in [6.45, 7) is 7.35. The standard InChI is InChI=1S/C19H27N3O3/c1-11(2)8-17-14-9-12(3)16(21-7-5-15(20)18(21)23)10-13(14)4-6-22(17)19(24)25/h9-11,15,17H,4-8,20H2,1-3H3,(H,24,25)/t15-,17?/m0/s1. The Bertz CT molecular complexity index is 701. The summed E-state index contributed by atoms with van der Waals surface area (Å²) in [7, 11) is 0. The SMILES string of the molecule is Cc1cc2c(cc1N1CC[C@H](N)C1=O)CCN(C(=O)O)C2CC(C)C. The molecule has 3 rings (SSSR count). The minimum absolute atomic E-state index is 0.0234. The monoisotopic (exact) mass is 345 g/mol. The molecule has 2 heterocycles. The first kappa shape index (κ1) is 17.7. The summed E-state index contributed by atoms with van der Waals surface area (Å²) in [5, 5.41) is 9.57. The van der Waals surface area contributed by atoms with E-state index in [-0.39, 0.29) is 11.9 Å². The molecule has 1 saturated heterocycles. The fourth-order valence-electron chi connectivity index (χ4n) is 4.02. The third kappa shape index (κ3) is 3.23. The Morgan fingerprint density at radius 2 is 2.08 bits per heavy atom. The van der Waals surface area contributed by atoms with Crippen molar-refractivity contribution in [1.29, 1.82) is 0 Å². The van der Waals surface area contributed by atoms with E-state index in [1.807, 2.05) is 6.92 Å². The van der Waals surface area contributed by atoms with Gasteiger partial charge in [0.25, 0.3) is 0 Å². The van der Waals surface area contributed by atoms with Gasteiger partial charge in [-0.05, 0) is 54.9 Å². The molecule has 2 aliphatic rings. The van der Waals surface area contributed by atoms with Gasteiger partial charge in [0.2, 0.25) is 5.91 Å². The molecule has 6 heteroatoms. The van der Waals surface area contributed by atoms with Crippen LogP contribution in [-0.2, 0) is 11.2 Å². The number of carbonyl (C=O) groups is 2. The number of nitrogens with two attached hydrogens (primary N) is 1. The molecular weight excluding hydrogens is 318 g/mol. The van der Waals surface area contributed by atoms with Gasteiger partial charge in [0, 0.05) is 18.8 Å². The van der Waals surface area contributed by atoms with Crippen LogP contribution in [0.3, 0.4) is 0 Å². The van der Waals surface area contributed by atoms with Gasteiger partial charge in [-0.3, -0.25) is 4.79 Å². The maximum atomic E-state index is 12.3. The molecule has 1 aromatic rings. The Balaban J connectivity index is 2.00. The largest absolute Gasteiger partial charge is 0.465 e. The lowest BCUT2D eigenvalue weighted by atomic mass is 9.86. The number of carbonyl (C=O) groups excluding carboxylic acids is 1. The summed E-state index contributed by atoms with van der Waals surface area (Å²) in [6, 6.07) is 3.62. The van der Waals surface area contributed by atoms with Gasteiger partial charge in [0.05, 0.1) is 12.1 Å². The van der Waals surface area contributed by atoms with E-state index in [9.17, 15) is 14.7 Å². The molecule has 1 fully saturated rings. The average Bonchev–Trinajstić information content (AvgIpc) is 2.86. The number of hydrogen-bond acceptors (Lipinski definition) is 3. The van der Waals surface area contributed by atoms with Gasteiger partial charge in [-0.15, -0.1) is 0 Å². The highest BCUT2D eigenvalue weighted by Crippen LogP contribution is 2.38. The van der Waals surface area contributed by atoms with Crippen molar-refractivity contribution >= 4 is 17.7 Å². The number of carboxylic acid groups (broad SMARTS) is 1. The molecule has 136 valence electrons. The van der Waals surface area contributed by atoms with E-state index in [2.05, 4.69) is 26.0 Å². The Kier molecular flexibility index (Phi) is 4.73. The number of fused-ring (bicyclic) bond motifs is 1. The molecule has 3 N–H and O–H groups in total. The number of nitrogens with zero attached hydrogens (tertiary/aromatic N) is 2. The highest BCUT2D eigenvalue weighted by Gasteiger charge is 2.34. The van der Waals surface area contributed by atoms with Crippen molar-refractivity contribution in [3.05, 3.63) is 28.8 Å². The van der Waals surface area contributed by atoms with Crippen LogP contribution in [-0.4, -0.2) is 41.1 Å². The van der Waals surface area contributed by atoms with Crippen LogP contribution in [0.2, 0.25) is 0 Å². The van der Waals surface area contributed by atoms with Crippen LogP contribution in [0, 0.1) is 12.8 Å².